The number of aryl methyl sites for hydroxylation is 2. The van der Waals surface area contributed by atoms with E-state index in [4.69, 9.17) is 14.6 Å². The van der Waals surface area contributed by atoms with Crippen LogP contribution in [0, 0.1) is 6.92 Å². The van der Waals surface area contributed by atoms with E-state index in [0.717, 1.165) is 16.8 Å². The van der Waals surface area contributed by atoms with Gasteiger partial charge < -0.3 is 19.1 Å². The minimum atomic E-state index is -0.180. The lowest BCUT2D eigenvalue weighted by Crippen LogP contribution is -2.07. The van der Waals surface area contributed by atoms with E-state index in [1.165, 1.54) is 17.4 Å². The van der Waals surface area contributed by atoms with Crippen molar-refractivity contribution in [3.05, 3.63) is 64.8 Å². The van der Waals surface area contributed by atoms with Crippen LogP contribution in [0.2, 0.25) is 0 Å². The molecule has 4 aromatic rings. The number of aromatic nitrogens is 2. The number of rotatable bonds is 10. The van der Waals surface area contributed by atoms with Crippen molar-refractivity contribution in [1.82, 2.24) is 9.55 Å². The maximum absolute atomic E-state index is 12.8. The summed E-state index contributed by atoms with van der Waals surface area (Å²) in [4.78, 5) is 30.1. The van der Waals surface area contributed by atoms with Gasteiger partial charge in [0.05, 0.1) is 13.7 Å². The smallest absolute Gasteiger partial charge is 0.183 e. The molecule has 0 unspecified atom stereocenters. The van der Waals surface area contributed by atoms with Gasteiger partial charge in [-0.1, -0.05) is 18.2 Å². The molecule has 0 fully saturated rings. The number of aliphatic hydroxyl groups is 1. The van der Waals surface area contributed by atoms with Gasteiger partial charge in [-0.3, -0.25) is 9.59 Å². The third-order valence-electron chi connectivity index (χ3n) is 5.61. The third kappa shape index (κ3) is 4.73. The first-order valence-electron chi connectivity index (χ1n) is 10.9. The molecule has 8 heteroatoms. The number of ketones is 2. The van der Waals surface area contributed by atoms with Gasteiger partial charge in [-0.15, -0.1) is 11.3 Å². The van der Waals surface area contributed by atoms with Crippen LogP contribution in [0.15, 0.2) is 48.0 Å². The molecule has 2 aromatic carbocycles. The topological polar surface area (TPSA) is 90.7 Å². The summed E-state index contributed by atoms with van der Waals surface area (Å²) in [5.41, 5.74) is 2.99. The van der Waals surface area contributed by atoms with Gasteiger partial charge in [-0.05, 0) is 30.7 Å². The normalized spacial score (nSPS) is 11.1. The van der Waals surface area contributed by atoms with E-state index in [-0.39, 0.29) is 37.6 Å². The number of thiophene rings is 1. The van der Waals surface area contributed by atoms with Crippen molar-refractivity contribution >= 4 is 33.0 Å². The molecule has 0 aliphatic carbocycles. The predicted molar refractivity (Wildman–Crippen MR) is 132 cm³/mol. The fourth-order valence-electron chi connectivity index (χ4n) is 3.84. The Balaban J connectivity index is 1.47. The summed E-state index contributed by atoms with van der Waals surface area (Å²) in [5, 5.41) is 12.1. The monoisotopic (exact) mass is 478 g/mol. The highest BCUT2D eigenvalue weighted by Gasteiger charge is 2.19. The van der Waals surface area contributed by atoms with Gasteiger partial charge in [-0.25, -0.2) is 4.98 Å². The summed E-state index contributed by atoms with van der Waals surface area (Å²) in [6.45, 7) is 2.09. The zero-order valence-electron chi connectivity index (χ0n) is 19.3. The van der Waals surface area contributed by atoms with E-state index in [1.54, 1.807) is 35.7 Å². The maximum Gasteiger partial charge on any atom is 0.183 e. The fourth-order valence-corrected chi connectivity index (χ4v) is 4.87. The van der Waals surface area contributed by atoms with Gasteiger partial charge in [0.25, 0.3) is 0 Å². The highest BCUT2D eigenvalue weighted by molar-refractivity contribution is 7.18. The average Bonchev–Trinajstić information content (AvgIpc) is 3.45. The van der Waals surface area contributed by atoms with Crippen LogP contribution in [0.3, 0.4) is 0 Å². The van der Waals surface area contributed by atoms with E-state index >= 15 is 0 Å². The Morgan fingerprint density at radius 1 is 1.12 bits per heavy atom. The second-order valence-electron chi connectivity index (χ2n) is 7.95. The van der Waals surface area contributed by atoms with E-state index < -0.39 is 0 Å². The summed E-state index contributed by atoms with van der Waals surface area (Å²) in [5.74, 6) is 1.23. The molecule has 0 saturated heterocycles. The Morgan fingerprint density at radius 2 is 1.91 bits per heavy atom. The molecule has 0 spiro atoms. The number of hydrogen-bond donors (Lipinski definition) is 1. The van der Waals surface area contributed by atoms with Crippen LogP contribution in [0.25, 0.3) is 21.5 Å². The quantitative estimate of drug-likeness (QED) is 0.328. The number of hydrogen-bond acceptors (Lipinski definition) is 7. The molecule has 2 heterocycles. The summed E-state index contributed by atoms with van der Waals surface area (Å²) in [7, 11) is 3.35. The molecule has 34 heavy (non-hydrogen) atoms. The van der Waals surface area contributed by atoms with E-state index in [2.05, 4.69) is 29.4 Å². The highest BCUT2D eigenvalue weighted by Crippen LogP contribution is 2.35. The highest BCUT2D eigenvalue weighted by atomic mass is 32.1. The molecule has 0 atom stereocenters. The SMILES string of the molecule is COc1cc(C(=O)CCC(=O)c2cn(C)c(-c3csc4c(C)cccc34)n2)ccc1OCCO. The first kappa shape index (κ1) is 23.7. The number of nitrogens with zero attached hydrogens (tertiary/aromatic N) is 2. The molecule has 2 aromatic heterocycles. The third-order valence-corrected chi connectivity index (χ3v) is 6.74. The van der Waals surface area contributed by atoms with E-state index in [9.17, 15) is 9.59 Å². The van der Waals surface area contributed by atoms with Crippen molar-refractivity contribution in [3.8, 4) is 22.9 Å². The molecular weight excluding hydrogens is 452 g/mol. The fraction of sp³-hybridized carbons (Fsp3) is 0.269. The Morgan fingerprint density at radius 3 is 2.68 bits per heavy atom. The number of carbonyl (C=O) groups excluding carboxylic acids is 2. The van der Waals surface area contributed by atoms with Gasteiger partial charge in [0.1, 0.15) is 18.1 Å². The van der Waals surface area contributed by atoms with Crippen molar-refractivity contribution in [3.63, 3.8) is 0 Å². The molecule has 0 bridgehead atoms. The Labute approximate surface area is 201 Å². The number of benzene rings is 2. The summed E-state index contributed by atoms with van der Waals surface area (Å²) in [6, 6.07) is 11.0. The second kappa shape index (κ2) is 10.2. The number of fused-ring (bicyclic) bond motifs is 1. The van der Waals surface area contributed by atoms with Crippen molar-refractivity contribution in [2.24, 2.45) is 7.05 Å². The number of carbonyl (C=O) groups is 2. The summed E-state index contributed by atoms with van der Waals surface area (Å²) in [6.07, 6.45) is 1.84. The molecule has 1 N–H and O–H groups in total. The van der Waals surface area contributed by atoms with Crippen LogP contribution < -0.4 is 9.47 Å². The largest absolute Gasteiger partial charge is 0.493 e. The number of aliphatic hydroxyl groups excluding tert-OH is 1. The Bertz CT molecular complexity index is 1350. The Kier molecular flexibility index (Phi) is 7.09. The van der Waals surface area contributed by atoms with Crippen LogP contribution in [0.4, 0.5) is 0 Å². The summed E-state index contributed by atoms with van der Waals surface area (Å²) >= 11 is 1.67. The Hall–Kier alpha value is -3.49. The average molecular weight is 479 g/mol. The molecule has 0 aliphatic rings. The van der Waals surface area contributed by atoms with Gasteiger partial charge in [-0.2, -0.15) is 0 Å². The molecule has 0 amide bonds. The van der Waals surface area contributed by atoms with Crippen LogP contribution in [-0.2, 0) is 7.05 Å². The van der Waals surface area contributed by atoms with Gasteiger partial charge in [0.2, 0.25) is 0 Å². The van der Waals surface area contributed by atoms with Crippen LogP contribution in [0.5, 0.6) is 11.5 Å². The van der Waals surface area contributed by atoms with Crippen LogP contribution in [-0.4, -0.2) is 46.5 Å². The number of methoxy groups -OCH3 is 1. The zero-order chi connectivity index (χ0) is 24.2. The van der Waals surface area contributed by atoms with Gasteiger partial charge in [0.15, 0.2) is 23.1 Å². The molecule has 4 rings (SSSR count). The van der Waals surface area contributed by atoms with Crippen molar-refractivity contribution in [1.29, 1.82) is 0 Å². The number of ether oxygens (including phenoxy) is 2. The van der Waals surface area contributed by atoms with Gasteiger partial charge >= 0.3 is 0 Å². The lowest BCUT2D eigenvalue weighted by atomic mass is 10.0. The van der Waals surface area contributed by atoms with E-state index in [0.29, 0.717) is 22.8 Å². The van der Waals surface area contributed by atoms with E-state index in [1.807, 2.05) is 17.7 Å². The second-order valence-corrected chi connectivity index (χ2v) is 8.83. The molecule has 0 aliphatic heterocycles. The number of Topliss-reactive ketones (excluding diaryl/α,β-unsaturated/α-hetero) is 2. The van der Waals surface area contributed by atoms with Crippen molar-refractivity contribution in [2.45, 2.75) is 19.8 Å². The van der Waals surface area contributed by atoms with Crippen LogP contribution in [0.1, 0.15) is 39.3 Å². The lowest BCUT2D eigenvalue weighted by molar-refractivity contribution is 0.0915. The number of imidazole rings is 1. The standard InChI is InChI=1S/C26H26N2O5S/c1-16-5-4-6-18-19(15-34-25(16)18)26-27-20(14-28(26)2)22(31)9-8-21(30)17-7-10-23(33-12-11-29)24(13-17)32-3/h4-7,10,13-15,29H,8-9,11-12H2,1-3H3. The maximum atomic E-state index is 12.8. The minimum Gasteiger partial charge on any atom is -0.493 e. The van der Waals surface area contributed by atoms with Crippen LogP contribution >= 0.6 is 11.3 Å². The predicted octanol–water partition coefficient (Wildman–Crippen LogP) is 4.84. The molecule has 176 valence electrons. The lowest BCUT2D eigenvalue weighted by Gasteiger charge is -2.11. The van der Waals surface area contributed by atoms with Crippen molar-refractivity contribution in [2.75, 3.05) is 20.3 Å². The first-order chi connectivity index (χ1) is 16.4. The van der Waals surface area contributed by atoms with Crippen molar-refractivity contribution < 1.29 is 24.2 Å². The van der Waals surface area contributed by atoms with Gasteiger partial charge in [0, 0.05) is 52.7 Å². The molecular formula is C26H26N2O5S. The molecule has 0 saturated carbocycles. The molecule has 7 nitrogen and oxygen atoms in total. The molecule has 0 radical (unpaired) electrons. The zero-order valence-corrected chi connectivity index (χ0v) is 20.1. The summed E-state index contributed by atoms with van der Waals surface area (Å²) < 4.78 is 13.7. The first-order valence-corrected chi connectivity index (χ1v) is 11.8. The minimum absolute atomic E-state index is 0.0594.